The van der Waals surface area contributed by atoms with Gasteiger partial charge < -0.3 is 0 Å². The van der Waals surface area contributed by atoms with E-state index >= 15 is 0 Å². The Bertz CT molecular complexity index is 115. The molecule has 0 rings (SSSR count). The molecule has 0 heterocycles. The van der Waals surface area contributed by atoms with Crippen LogP contribution in [0.3, 0.4) is 0 Å². The molecule has 0 saturated heterocycles. The van der Waals surface area contributed by atoms with Gasteiger partial charge in [-0.15, -0.1) is 0 Å². The van der Waals surface area contributed by atoms with E-state index in [1.54, 1.807) is 0 Å². The van der Waals surface area contributed by atoms with Gasteiger partial charge in [-0.05, 0) is 5.92 Å². The summed E-state index contributed by atoms with van der Waals surface area (Å²) in [6, 6.07) is 0. The maximum atomic E-state index is 11.0. The maximum Gasteiger partial charge on any atom is 0.399 e. The molecule has 0 bridgehead atoms. The van der Waals surface area contributed by atoms with Crippen LogP contribution in [-0.4, -0.2) is 6.18 Å². The number of rotatable bonds is 0. The SMILES string of the molecule is [O]C#CCC(F)(F)F. The summed E-state index contributed by atoms with van der Waals surface area (Å²) in [5, 5.41) is 9.12. The van der Waals surface area contributed by atoms with Gasteiger partial charge >= 0.3 is 6.18 Å². The van der Waals surface area contributed by atoms with Crippen molar-refractivity contribution < 1.29 is 18.3 Å². The standard InChI is InChI=1S/C4H2F3O/c5-4(6,7)2-1-3-8/h2H2. The van der Waals surface area contributed by atoms with Crippen molar-refractivity contribution in [2.45, 2.75) is 12.6 Å². The summed E-state index contributed by atoms with van der Waals surface area (Å²) in [5.74, 6) is 1.36. The van der Waals surface area contributed by atoms with Crippen molar-refractivity contribution in [3.05, 3.63) is 0 Å². The summed E-state index contributed by atoms with van der Waals surface area (Å²) in [4.78, 5) is 0. The Morgan fingerprint density at radius 1 is 1.38 bits per heavy atom. The summed E-state index contributed by atoms with van der Waals surface area (Å²) in [7, 11) is 0. The Morgan fingerprint density at radius 3 is 2.00 bits per heavy atom. The van der Waals surface area contributed by atoms with Gasteiger partial charge in [-0.3, -0.25) is 0 Å². The van der Waals surface area contributed by atoms with Crippen LogP contribution < -0.4 is 0 Å². The highest BCUT2D eigenvalue weighted by Crippen LogP contribution is 2.17. The lowest BCUT2D eigenvalue weighted by Crippen LogP contribution is -2.04. The molecule has 0 aliphatic carbocycles. The van der Waals surface area contributed by atoms with Crippen molar-refractivity contribution in [3.8, 4) is 12.0 Å². The second kappa shape index (κ2) is 2.46. The minimum atomic E-state index is -4.32. The summed E-state index contributed by atoms with van der Waals surface area (Å²) < 4.78 is 33.0. The highest BCUT2D eigenvalue weighted by molar-refractivity contribution is 4.91. The molecule has 1 nitrogen and oxygen atoms in total. The van der Waals surface area contributed by atoms with Crippen molar-refractivity contribution in [1.82, 2.24) is 0 Å². The molecular formula is C4H2F3O. The lowest BCUT2D eigenvalue weighted by Gasteiger charge is -1.96. The number of hydrogen-bond donors (Lipinski definition) is 0. The first-order chi connectivity index (χ1) is 3.56. The predicted molar refractivity (Wildman–Crippen MR) is 19.1 cm³/mol. The molecule has 0 aromatic heterocycles. The van der Waals surface area contributed by atoms with Crippen LogP contribution in [0.25, 0.3) is 0 Å². The van der Waals surface area contributed by atoms with Crippen LogP contribution in [0.5, 0.6) is 0 Å². The fourth-order valence-electron chi connectivity index (χ4n) is 0.136. The minimum Gasteiger partial charge on any atom is -0.224 e. The normalized spacial score (nSPS) is 9.88. The van der Waals surface area contributed by atoms with E-state index in [2.05, 4.69) is 0 Å². The Labute approximate surface area is 44.1 Å². The van der Waals surface area contributed by atoms with Gasteiger partial charge in [0.2, 0.25) is 0 Å². The average Bonchev–Trinajstić information content (AvgIpc) is 1.59. The van der Waals surface area contributed by atoms with Crippen LogP contribution in [0, 0.1) is 12.0 Å². The summed E-state index contributed by atoms with van der Waals surface area (Å²) in [6.45, 7) is 0. The fourth-order valence-corrected chi connectivity index (χ4v) is 0.136. The maximum absolute atomic E-state index is 11.0. The Balaban J connectivity index is 3.50. The molecule has 8 heavy (non-hydrogen) atoms. The molecule has 0 fully saturated rings. The molecule has 0 aliphatic rings. The monoisotopic (exact) mass is 123 g/mol. The van der Waals surface area contributed by atoms with Crippen LogP contribution in [0.2, 0.25) is 0 Å². The van der Waals surface area contributed by atoms with Crippen molar-refractivity contribution >= 4 is 0 Å². The third-order valence-electron chi connectivity index (χ3n) is 0.361. The van der Waals surface area contributed by atoms with Gasteiger partial charge in [0.05, 0.1) is 0 Å². The lowest BCUT2D eigenvalue weighted by molar-refractivity contribution is -0.123. The molecule has 45 valence electrons. The first-order valence-corrected chi connectivity index (χ1v) is 1.73. The number of halogens is 3. The summed E-state index contributed by atoms with van der Waals surface area (Å²) in [5.41, 5.74) is 0. The van der Waals surface area contributed by atoms with Crippen molar-refractivity contribution in [2.75, 3.05) is 0 Å². The highest BCUT2D eigenvalue weighted by atomic mass is 19.4. The van der Waals surface area contributed by atoms with E-state index in [9.17, 15) is 13.2 Å². The second-order valence-corrected chi connectivity index (χ2v) is 1.07. The third kappa shape index (κ3) is 5.15. The molecule has 0 aromatic rings. The summed E-state index contributed by atoms with van der Waals surface area (Å²) >= 11 is 0. The van der Waals surface area contributed by atoms with Gasteiger partial charge in [-0.25, -0.2) is 5.11 Å². The molecule has 0 unspecified atom stereocenters. The number of hydrogen-bond acceptors (Lipinski definition) is 0. The Hall–Kier alpha value is -0.850. The highest BCUT2D eigenvalue weighted by Gasteiger charge is 2.25. The minimum absolute atomic E-state index is 0.904. The van der Waals surface area contributed by atoms with E-state index in [1.165, 1.54) is 5.92 Å². The molecule has 0 spiro atoms. The van der Waals surface area contributed by atoms with E-state index in [1.807, 2.05) is 0 Å². The quantitative estimate of drug-likeness (QED) is 0.433. The zero-order valence-corrected chi connectivity index (χ0v) is 3.75. The average molecular weight is 123 g/mol. The topological polar surface area (TPSA) is 19.9 Å². The van der Waals surface area contributed by atoms with Gasteiger partial charge in [0.25, 0.3) is 0 Å². The zero-order chi connectivity index (χ0) is 6.62. The molecule has 0 aliphatic heterocycles. The van der Waals surface area contributed by atoms with Gasteiger partial charge in [0, 0.05) is 0 Å². The molecule has 0 amide bonds. The Morgan fingerprint density at radius 2 is 1.88 bits per heavy atom. The van der Waals surface area contributed by atoms with E-state index in [0.717, 1.165) is 6.11 Å². The molecule has 0 saturated carbocycles. The summed E-state index contributed by atoms with van der Waals surface area (Å²) in [6.07, 6.45) is -4.73. The van der Waals surface area contributed by atoms with Crippen LogP contribution >= 0.6 is 0 Å². The number of alkyl halides is 3. The van der Waals surface area contributed by atoms with E-state index in [0.29, 0.717) is 0 Å². The van der Waals surface area contributed by atoms with E-state index in [-0.39, 0.29) is 0 Å². The lowest BCUT2D eigenvalue weighted by atomic mass is 10.4. The molecular weight excluding hydrogens is 121 g/mol. The van der Waals surface area contributed by atoms with Crippen LogP contribution in [0.15, 0.2) is 0 Å². The fraction of sp³-hybridized carbons (Fsp3) is 0.500. The molecule has 0 aromatic carbocycles. The van der Waals surface area contributed by atoms with Gasteiger partial charge in [0.15, 0.2) is 6.11 Å². The third-order valence-corrected chi connectivity index (χ3v) is 0.361. The largest absolute Gasteiger partial charge is 0.399 e. The van der Waals surface area contributed by atoms with Crippen LogP contribution in [0.4, 0.5) is 13.2 Å². The molecule has 0 N–H and O–H groups in total. The van der Waals surface area contributed by atoms with Gasteiger partial charge in [-0.1, -0.05) is 0 Å². The molecule has 1 radical (unpaired) electrons. The smallest absolute Gasteiger partial charge is 0.224 e. The second-order valence-electron chi connectivity index (χ2n) is 1.07. The van der Waals surface area contributed by atoms with Crippen LogP contribution in [0.1, 0.15) is 6.42 Å². The predicted octanol–water partition coefficient (Wildman–Crippen LogP) is 1.33. The first kappa shape index (κ1) is 7.15. The van der Waals surface area contributed by atoms with E-state index < -0.39 is 12.6 Å². The van der Waals surface area contributed by atoms with Crippen molar-refractivity contribution in [3.63, 3.8) is 0 Å². The van der Waals surface area contributed by atoms with Crippen LogP contribution in [-0.2, 0) is 5.11 Å². The van der Waals surface area contributed by atoms with E-state index in [4.69, 9.17) is 5.11 Å². The zero-order valence-electron chi connectivity index (χ0n) is 3.75. The molecule has 0 atom stereocenters. The van der Waals surface area contributed by atoms with Crippen molar-refractivity contribution in [2.24, 2.45) is 0 Å². The van der Waals surface area contributed by atoms with Gasteiger partial charge in [-0.2, -0.15) is 13.2 Å². The van der Waals surface area contributed by atoms with Crippen molar-refractivity contribution in [1.29, 1.82) is 0 Å². The molecule has 4 heteroatoms. The van der Waals surface area contributed by atoms with Gasteiger partial charge in [0.1, 0.15) is 6.42 Å². The Kier molecular flexibility index (Phi) is 2.19. The first-order valence-electron chi connectivity index (χ1n) is 1.73.